The predicted octanol–water partition coefficient (Wildman–Crippen LogP) is 0.144. The fourth-order valence-electron chi connectivity index (χ4n) is 2.05. The molecule has 0 bridgehead atoms. The highest BCUT2D eigenvalue weighted by Gasteiger charge is 2.29. The highest BCUT2D eigenvalue weighted by Crippen LogP contribution is 2.27. The molecular weight excluding hydrogens is 268 g/mol. The SMILES string of the molecule is N#CC(O)C(O)c1cccc(N2CCCS2(=O)=O)c1. The standard InChI is InChI=1S/C12H14N2O4S/c13-8-11(15)12(16)9-3-1-4-10(7-9)14-5-2-6-19(14,17)18/h1,3-4,7,11-12,15-16H,2,5-6H2. The van der Waals surface area contributed by atoms with Crippen molar-refractivity contribution in [2.45, 2.75) is 18.6 Å². The largest absolute Gasteiger partial charge is 0.385 e. The third kappa shape index (κ3) is 2.71. The number of benzene rings is 1. The van der Waals surface area contributed by atoms with Gasteiger partial charge < -0.3 is 10.2 Å². The highest BCUT2D eigenvalue weighted by molar-refractivity contribution is 7.93. The van der Waals surface area contributed by atoms with E-state index < -0.39 is 22.2 Å². The fraction of sp³-hybridized carbons (Fsp3) is 0.417. The van der Waals surface area contributed by atoms with Crippen molar-refractivity contribution in [2.24, 2.45) is 0 Å². The van der Waals surface area contributed by atoms with Crippen molar-refractivity contribution in [3.05, 3.63) is 29.8 Å². The molecule has 1 aromatic carbocycles. The minimum Gasteiger partial charge on any atom is -0.385 e. The van der Waals surface area contributed by atoms with Gasteiger partial charge in [-0.15, -0.1) is 0 Å². The second kappa shape index (κ2) is 5.17. The zero-order valence-electron chi connectivity index (χ0n) is 10.1. The van der Waals surface area contributed by atoms with Gasteiger partial charge in [0.25, 0.3) is 0 Å². The third-order valence-electron chi connectivity index (χ3n) is 3.03. The zero-order valence-corrected chi connectivity index (χ0v) is 10.9. The number of hydrogen-bond acceptors (Lipinski definition) is 5. The van der Waals surface area contributed by atoms with Crippen LogP contribution in [-0.4, -0.2) is 37.0 Å². The lowest BCUT2D eigenvalue weighted by Crippen LogP contribution is -2.25. The van der Waals surface area contributed by atoms with Crippen LogP contribution < -0.4 is 4.31 Å². The molecule has 0 aliphatic carbocycles. The summed E-state index contributed by atoms with van der Waals surface area (Å²) in [4.78, 5) is 0. The Balaban J connectivity index is 2.33. The normalized spacial score (nSPS) is 20.8. The fourth-order valence-corrected chi connectivity index (χ4v) is 3.60. The number of aliphatic hydroxyl groups is 2. The molecule has 2 unspecified atom stereocenters. The van der Waals surface area contributed by atoms with Crippen molar-refractivity contribution in [3.8, 4) is 6.07 Å². The van der Waals surface area contributed by atoms with Crippen molar-refractivity contribution in [2.75, 3.05) is 16.6 Å². The summed E-state index contributed by atoms with van der Waals surface area (Å²) >= 11 is 0. The molecule has 1 aliphatic heterocycles. The molecule has 7 heteroatoms. The van der Waals surface area contributed by atoms with Gasteiger partial charge in [-0.1, -0.05) is 12.1 Å². The Labute approximate surface area is 111 Å². The van der Waals surface area contributed by atoms with Crippen molar-refractivity contribution in [3.63, 3.8) is 0 Å². The van der Waals surface area contributed by atoms with Gasteiger partial charge in [-0.05, 0) is 24.1 Å². The molecule has 0 amide bonds. The number of aliphatic hydroxyl groups excluding tert-OH is 2. The van der Waals surface area contributed by atoms with Crippen LogP contribution in [0.4, 0.5) is 5.69 Å². The second-order valence-corrected chi connectivity index (χ2v) is 6.37. The monoisotopic (exact) mass is 282 g/mol. The first-order chi connectivity index (χ1) is 8.95. The third-order valence-corrected chi connectivity index (χ3v) is 4.90. The summed E-state index contributed by atoms with van der Waals surface area (Å²) in [5.41, 5.74) is 0.757. The van der Waals surface area contributed by atoms with Crippen molar-refractivity contribution in [1.29, 1.82) is 5.26 Å². The molecule has 102 valence electrons. The second-order valence-electron chi connectivity index (χ2n) is 4.36. The lowest BCUT2D eigenvalue weighted by molar-refractivity contribution is 0.0528. The van der Waals surface area contributed by atoms with Crippen molar-refractivity contribution >= 4 is 15.7 Å². The molecule has 2 atom stereocenters. The lowest BCUT2D eigenvalue weighted by Gasteiger charge is -2.19. The first-order valence-corrected chi connectivity index (χ1v) is 7.43. The molecule has 1 aromatic rings. The Kier molecular flexibility index (Phi) is 3.75. The number of nitriles is 1. The molecule has 1 saturated heterocycles. The summed E-state index contributed by atoms with van der Waals surface area (Å²) < 4.78 is 24.9. The summed E-state index contributed by atoms with van der Waals surface area (Å²) in [7, 11) is -3.28. The summed E-state index contributed by atoms with van der Waals surface area (Å²) in [6.07, 6.45) is -2.32. The van der Waals surface area contributed by atoms with Crippen LogP contribution in [0.2, 0.25) is 0 Å². The van der Waals surface area contributed by atoms with Crippen LogP contribution >= 0.6 is 0 Å². The minimum absolute atomic E-state index is 0.112. The van der Waals surface area contributed by atoms with Gasteiger partial charge in [0.15, 0.2) is 6.10 Å². The van der Waals surface area contributed by atoms with E-state index in [1.165, 1.54) is 16.4 Å². The maximum Gasteiger partial charge on any atom is 0.235 e. The molecule has 2 N–H and O–H groups in total. The van der Waals surface area contributed by atoms with E-state index in [1.54, 1.807) is 18.2 Å². The molecule has 1 heterocycles. The van der Waals surface area contributed by atoms with Gasteiger partial charge in [-0.25, -0.2) is 8.42 Å². The van der Waals surface area contributed by atoms with Crippen LogP contribution in [0, 0.1) is 11.3 Å². The van der Waals surface area contributed by atoms with E-state index in [2.05, 4.69) is 0 Å². The molecule has 2 rings (SSSR count). The number of sulfonamides is 1. The van der Waals surface area contributed by atoms with Gasteiger partial charge in [0, 0.05) is 6.54 Å². The quantitative estimate of drug-likeness (QED) is 0.768. The Morgan fingerprint density at radius 1 is 1.37 bits per heavy atom. The summed E-state index contributed by atoms with van der Waals surface area (Å²) in [6.45, 7) is 0.405. The lowest BCUT2D eigenvalue weighted by atomic mass is 10.0. The van der Waals surface area contributed by atoms with Crippen LogP contribution in [0.15, 0.2) is 24.3 Å². The van der Waals surface area contributed by atoms with E-state index >= 15 is 0 Å². The van der Waals surface area contributed by atoms with E-state index in [9.17, 15) is 18.6 Å². The minimum atomic E-state index is -3.28. The molecular formula is C12H14N2O4S. The smallest absolute Gasteiger partial charge is 0.235 e. The number of anilines is 1. The van der Waals surface area contributed by atoms with Crippen LogP contribution in [0.1, 0.15) is 18.1 Å². The van der Waals surface area contributed by atoms with E-state index in [4.69, 9.17) is 5.26 Å². The van der Waals surface area contributed by atoms with Crippen LogP contribution in [0.5, 0.6) is 0 Å². The van der Waals surface area contributed by atoms with Gasteiger partial charge in [0.05, 0.1) is 17.5 Å². The van der Waals surface area contributed by atoms with Crippen LogP contribution in [-0.2, 0) is 10.0 Å². The molecule has 1 aliphatic rings. The Hall–Kier alpha value is -1.62. The number of rotatable bonds is 3. The molecule has 0 spiro atoms. The van der Waals surface area contributed by atoms with Crippen LogP contribution in [0.3, 0.4) is 0 Å². The first-order valence-electron chi connectivity index (χ1n) is 5.82. The Morgan fingerprint density at radius 2 is 2.11 bits per heavy atom. The molecule has 6 nitrogen and oxygen atoms in total. The summed E-state index contributed by atoms with van der Waals surface area (Å²) in [5.74, 6) is 0.112. The first kappa shape index (κ1) is 13.8. The maximum absolute atomic E-state index is 11.8. The van der Waals surface area contributed by atoms with Crippen molar-refractivity contribution < 1.29 is 18.6 Å². The maximum atomic E-state index is 11.8. The van der Waals surface area contributed by atoms with Gasteiger partial charge >= 0.3 is 0 Å². The van der Waals surface area contributed by atoms with Gasteiger partial charge in [-0.3, -0.25) is 4.31 Å². The van der Waals surface area contributed by atoms with Crippen molar-refractivity contribution in [1.82, 2.24) is 0 Å². The molecule has 1 fully saturated rings. The molecule has 0 saturated carbocycles. The Morgan fingerprint density at radius 3 is 2.68 bits per heavy atom. The van der Waals surface area contributed by atoms with Gasteiger partial charge in [-0.2, -0.15) is 5.26 Å². The highest BCUT2D eigenvalue weighted by atomic mass is 32.2. The molecule has 0 aromatic heterocycles. The molecule has 0 radical (unpaired) electrons. The topological polar surface area (TPSA) is 102 Å². The van der Waals surface area contributed by atoms with Gasteiger partial charge in [0.1, 0.15) is 6.10 Å². The Bertz CT molecular complexity index is 608. The summed E-state index contributed by atoms with van der Waals surface area (Å²) in [5, 5.41) is 27.6. The average molecular weight is 282 g/mol. The van der Waals surface area contributed by atoms with E-state index in [-0.39, 0.29) is 5.75 Å². The number of nitrogens with zero attached hydrogens (tertiary/aromatic N) is 2. The van der Waals surface area contributed by atoms with Crippen LogP contribution in [0.25, 0.3) is 0 Å². The van der Waals surface area contributed by atoms with E-state index in [0.717, 1.165) is 0 Å². The number of hydrogen-bond donors (Lipinski definition) is 2. The molecule has 19 heavy (non-hydrogen) atoms. The summed E-state index contributed by atoms with van der Waals surface area (Å²) in [6, 6.07) is 7.77. The predicted molar refractivity (Wildman–Crippen MR) is 68.8 cm³/mol. The van der Waals surface area contributed by atoms with Gasteiger partial charge in [0.2, 0.25) is 10.0 Å². The van der Waals surface area contributed by atoms with E-state index in [0.29, 0.717) is 24.2 Å². The van der Waals surface area contributed by atoms with E-state index in [1.807, 2.05) is 0 Å². The zero-order chi connectivity index (χ0) is 14.0. The average Bonchev–Trinajstić information content (AvgIpc) is 2.76.